The van der Waals surface area contributed by atoms with Gasteiger partial charge in [-0.3, -0.25) is 19.0 Å². The van der Waals surface area contributed by atoms with Crippen LogP contribution >= 0.6 is 0 Å². The van der Waals surface area contributed by atoms with Gasteiger partial charge >= 0.3 is 5.69 Å². The SMILES string of the molecule is CN1CC(C(=O)N2CCC(n3c(=O)[nH]c4ccc(F)cc4c3=O)CC2)CC1=O. The highest BCUT2D eigenvalue weighted by Gasteiger charge is 2.36. The minimum Gasteiger partial charge on any atom is -0.345 e. The third kappa shape index (κ3) is 3.10. The Morgan fingerprint density at radius 2 is 1.89 bits per heavy atom. The first-order valence-corrected chi connectivity index (χ1v) is 9.32. The van der Waals surface area contributed by atoms with Crippen molar-refractivity contribution >= 4 is 22.7 Å². The molecule has 0 aliphatic carbocycles. The van der Waals surface area contributed by atoms with E-state index in [9.17, 15) is 23.6 Å². The van der Waals surface area contributed by atoms with Crippen LogP contribution in [-0.2, 0) is 9.59 Å². The maximum Gasteiger partial charge on any atom is 0.329 e. The van der Waals surface area contributed by atoms with Crippen molar-refractivity contribution in [1.29, 1.82) is 0 Å². The average Bonchev–Trinajstić information content (AvgIpc) is 3.01. The minimum atomic E-state index is -0.542. The van der Waals surface area contributed by atoms with E-state index in [0.29, 0.717) is 38.0 Å². The highest BCUT2D eigenvalue weighted by atomic mass is 19.1. The van der Waals surface area contributed by atoms with Crippen LogP contribution in [0.2, 0.25) is 0 Å². The molecule has 28 heavy (non-hydrogen) atoms. The van der Waals surface area contributed by atoms with Crippen molar-refractivity contribution in [3.8, 4) is 0 Å². The Labute approximate surface area is 159 Å². The molecule has 4 rings (SSSR count). The molecule has 2 amide bonds. The van der Waals surface area contributed by atoms with Crippen molar-refractivity contribution in [2.75, 3.05) is 26.7 Å². The number of aromatic nitrogens is 2. The Bertz CT molecular complexity index is 1070. The smallest absolute Gasteiger partial charge is 0.329 e. The summed E-state index contributed by atoms with van der Waals surface area (Å²) in [5, 5.41) is 0.130. The number of amides is 2. The van der Waals surface area contributed by atoms with E-state index in [2.05, 4.69) is 4.98 Å². The number of carbonyl (C=O) groups is 2. The fraction of sp³-hybridized carbons (Fsp3) is 0.474. The van der Waals surface area contributed by atoms with Gasteiger partial charge in [0.25, 0.3) is 5.56 Å². The molecule has 9 heteroatoms. The fourth-order valence-electron chi connectivity index (χ4n) is 4.16. The molecule has 0 radical (unpaired) electrons. The molecule has 0 bridgehead atoms. The number of benzene rings is 1. The molecule has 1 atom stereocenters. The summed E-state index contributed by atoms with van der Waals surface area (Å²) in [6.45, 7) is 1.24. The fourth-order valence-corrected chi connectivity index (χ4v) is 4.16. The third-order valence-electron chi connectivity index (χ3n) is 5.72. The Morgan fingerprint density at radius 1 is 1.18 bits per heavy atom. The van der Waals surface area contributed by atoms with Crippen LogP contribution in [0.4, 0.5) is 4.39 Å². The Kier molecular flexibility index (Phi) is 4.52. The van der Waals surface area contributed by atoms with Crippen molar-refractivity contribution in [2.45, 2.75) is 25.3 Å². The molecule has 1 unspecified atom stereocenters. The van der Waals surface area contributed by atoms with E-state index >= 15 is 0 Å². The summed E-state index contributed by atoms with van der Waals surface area (Å²) in [5.74, 6) is -0.962. The first-order valence-electron chi connectivity index (χ1n) is 9.32. The number of likely N-dealkylation sites (tertiary alicyclic amines) is 2. The average molecular weight is 388 g/mol. The lowest BCUT2D eigenvalue weighted by molar-refractivity contribution is -0.137. The number of halogens is 1. The van der Waals surface area contributed by atoms with Gasteiger partial charge in [-0.15, -0.1) is 0 Å². The molecule has 8 nitrogen and oxygen atoms in total. The number of hydrogen-bond acceptors (Lipinski definition) is 4. The lowest BCUT2D eigenvalue weighted by Gasteiger charge is -2.33. The van der Waals surface area contributed by atoms with Crippen LogP contribution in [-0.4, -0.2) is 57.8 Å². The summed E-state index contributed by atoms with van der Waals surface area (Å²) in [6, 6.07) is 3.33. The standard InChI is InChI=1S/C19H21FN4O4/c1-22-10-11(8-16(22)25)17(26)23-6-4-13(5-7-23)24-18(27)14-9-12(20)2-3-15(14)21-19(24)28/h2-3,9,11,13H,4-8,10H2,1H3,(H,21,28). The van der Waals surface area contributed by atoms with Gasteiger partial charge in [0.05, 0.1) is 16.8 Å². The van der Waals surface area contributed by atoms with Crippen molar-refractivity contribution < 1.29 is 14.0 Å². The van der Waals surface area contributed by atoms with E-state index in [4.69, 9.17) is 0 Å². The van der Waals surface area contributed by atoms with Gasteiger partial charge in [0.15, 0.2) is 0 Å². The number of hydrogen-bond donors (Lipinski definition) is 1. The lowest BCUT2D eigenvalue weighted by Crippen LogP contribution is -2.46. The molecular weight excluding hydrogens is 367 g/mol. The summed E-state index contributed by atoms with van der Waals surface area (Å²) in [7, 11) is 1.68. The maximum atomic E-state index is 13.5. The van der Waals surface area contributed by atoms with E-state index in [-0.39, 0.29) is 35.6 Å². The van der Waals surface area contributed by atoms with E-state index in [1.165, 1.54) is 12.1 Å². The lowest BCUT2D eigenvalue weighted by atomic mass is 10.0. The second-order valence-corrected chi connectivity index (χ2v) is 7.53. The third-order valence-corrected chi connectivity index (χ3v) is 5.72. The van der Waals surface area contributed by atoms with Crippen LogP contribution < -0.4 is 11.2 Å². The van der Waals surface area contributed by atoms with Gasteiger partial charge in [0, 0.05) is 39.1 Å². The number of H-pyrrole nitrogens is 1. The molecule has 1 aromatic carbocycles. The second-order valence-electron chi connectivity index (χ2n) is 7.53. The topological polar surface area (TPSA) is 95.5 Å². The number of nitrogens with zero attached hydrogens (tertiary/aromatic N) is 3. The molecule has 2 fully saturated rings. The van der Waals surface area contributed by atoms with Crippen LogP contribution in [0.1, 0.15) is 25.3 Å². The second kappa shape index (κ2) is 6.88. The number of piperidine rings is 1. The molecule has 1 N–H and O–H groups in total. The van der Waals surface area contributed by atoms with E-state index < -0.39 is 17.1 Å². The predicted octanol–water partition coefficient (Wildman–Crippen LogP) is 0.471. The monoisotopic (exact) mass is 388 g/mol. The number of nitrogens with one attached hydrogen (secondary N) is 1. The molecule has 148 valence electrons. The molecule has 1 aromatic heterocycles. The summed E-state index contributed by atoms with van der Waals surface area (Å²) < 4.78 is 14.7. The highest BCUT2D eigenvalue weighted by Crippen LogP contribution is 2.25. The first kappa shape index (κ1) is 18.4. The normalized spacial score (nSPS) is 20.9. The van der Waals surface area contributed by atoms with Crippen molar-refractivity contribution in [1.82, 2.24) is 19.4 Å². The zero-order valence-corrected chi connectivity index (χ0v) is 15.5. The molecule has 2 aliphatic heterocycles. The summed E-state index contributed by atoms with van der Waals surface area (Å²) in [6.07, 6.45) is 1.13. The molecular formula is C19H21FN4O4. The Hall–Kier alpha value is -2.97. The van der Waals surface area contributed by atoms with Crippen LogP contribution in [0.25, 0.3) is 10.9 Å². The maximum absolute atomic E-state index is 13.5. The van der Waals surface area contributed by atoms with E-state index in [1.807, 2.05) is 0 Å². The zero-order valence-electron chi connectivity index (χ0n) is 15.5. The largest absolute Gasteiger partial charge is 0.345 e. The van der Waals surface area contributed by atoms with Crippen molar-refractivity contribution in [3.63, 3.8) is 0 Å². The molecule has 2 aromatic rings. The predicted molar refractivity (Wildman–Crippen MR) is 99.4 cm³/mol. The van der Waals surface area contributed by atoms with Crippen LogP contribution in [0.15, 0.2) is 27.8 Å². The molecule has 2 aliphatic rings. The minimum absolute atomic E-state index is 0.0327. The van der Waals surface area contributed by atoms with Gasteiger partial charge in [-0.2, -0.15) is 0 Å². The number of rotatable bonds is 2. The molecule has 0 spiro atoms. The van der Waals surface area contributed by atoms with Gasteiger partial charge in [0.2, 0.25) is 11.8 Å². The van der Waals surface area contributed by atoms with Gasteiger partial charge in [-0.05, 0) is 31.0 Å². The quantitative estimate of drug-likeness (QED) is 0.809. The van der Waals surface area contributed by atoms with Gasteiger partial charge < -0.3 is 14.8 Å². The number of carbonyl (C=O) groups excluding carboxylic acids is 2. The number of fused-ring (bicyclic) bond motifs is 1. The summed E-state index contributed by atoms with van der Waals surface area (Å²) in [4.78, 5) is 55.4. The van der Waals surface area contributed by atoms with Gasteiger partial charge in [-0.1, -0.05) is 0 Å². The van der Waals surface area contributed by atoms with Crippen molar-refractivity contribution in [2.24, 2.45) is 5.92 Å². The van der Waals surface area contributed by atoms with Crippen LogP contribution in [0, 0.1) is 11.7 Å². The Morgan fingerprint density at radius 3 is 2.54 bits per heavy atom. The summed E-state index contributed by atoms with van der Waals surface area (Å²) in [5.41, 5.74) is -0.752. The van der Waals surface area contributed by atoms with Crippen LogP contribution in [0.5, 0.6) is 0 Å². The van der Waals surface area contributed by atoms with Crippen LogP contribution in [0.3, 0.4) is 0 Å². The van der Waals surface area contributed by atoms with Crippen molar-refractivity contribution in [3.05, 3.63) is 44.9 Å². The highest BCUT2D eigenvalue weighted by molar-refractivity contribution is 5.89. The number of aromatic amines is 1. The van der Waals surface area contributed by atoms with E-state index in [1.54, 1.807) is 16.8 Å². The molecule has 2 saturated heterocycles. The van der Waals surface area contributed by atoms with Gasteiger partial charge in [-0.25, -0.2) is 9.18 Å². The molecule has 3 heterocycles. The Balaban J connectivity index is 1.53. The van der Waals surface area contributed by atoms with Gasteiger partial charge in [0.1, 0.15) is 5.82 Å². The van der Waals surface area contributed by atoms with E-state index in [0.717, 1.165) is 10.6 Å². The molecule has 0 saturated carbocycles. The zero-order chi connectivity index (χ0) is 20.0. The first-order chi connectivity index (χ1) is 13.3. The summed E-state index contributed by atoms with van der Waals surface area (Å²) >= 11 is 0.